The molecule has 3 aromatic rings. The molecule has 0 aliphatic rings. The highest BCUT2D eigenvalue weighted by molar-refractivity contribution is 5.90. The average molecular weight is 418 g/mol. The first-order valence-corrected chi connectivity index (χ1v) is 8.74. The van der Waals surface area contributed by atoms with Crippen molar-refractivity contribution >= 4 is 28.6 Å². The van der Waals surface area contributed by atoms with Gasteiger partial charge in [-0.3, -0.25) is 0 Å². The van der Waals surface area contributed by atoms with E-state index in [0.29, 0.717) is 16.8 Å². The fourth-order valence-corrected chi connectivity index (χ4v) is 2.97. The van der Waals surface area contributed by atoms with Gasteiger partial charge in [-0.25, -0.2) is 9.78 Å². The summed E-state index contributed by atoms with van der Waals surface area (Å²) in [4.78, 5) is 16.0. The fourth-order valence-electron chi connectivity index (χ4n) is 2.97. The van der Waals surface area contributed by atoms with Gasteiger partial charge in [-0.05, 0) is 30.3 Å². The maximum absolute atomic E-state index is 13.3. The number of hydrogen-bond donors (Lipinski definition) is 1. The first-order chi connectivity index (χ1) is 14.3. The Balaban J connectivity index is 2.12. The Hall–Kier alpha value is -3.58. The van der Waals surface area contributed by atoms with Crippen molar-refractivity contribution in [3.63, 3.8) is 0 Å². The molecule has 1 heterocycles. The van der Waals surface area contributed by atoms with Gasteiger partial charge in [-0.2, -0.15) is 18.4 Å². The van der Waals surface area contributed by atoms with E-state index in [0.717, 1.165) is 12.1 Å². The molecular weight excluding hydrogens is 401 g/mol. The van der Waals surface area contributed by atoms with E-state index in [9.17, 15) is 23.2 Å². The molecule has 7 nitrogen and oxygen atoms in total. The number of hydrogen-bond acceptors (Lipinski definition) is 6. The number of halogens is 3. The standard InChI is InChI=1S/C20H17F3N4O3/c1-29-7-6-27-17-9-13(11-24)15(20(21,22)23)10-16(17)26-19(27)25-14-5-3-4-12(8-14)18(28)30-2/h3-5,8-10H,6-7H2,1-2H3,(H,25,26). The van der Waals surface area contributed by atoms with Crippen LogP contribution in [-0.2, 0) is 22.2 Å². The van der Waals surface area contributed by atoms with Crippen molar-refractivity contribution < 1.29 is 27.4 Å². The van der Waals surface area contributed by atoms with Crippen LogP contribution in [0.25, 0.3) is 11.0 Å². The molecule has 0 radical (unpaired) electrons. The van der Waals surface area contributed by atoms with Crippen molar-refractivity contribution in [3.05, 3.63) is 53.1 Å². The zero-order valence-corrected chi connectivity index (χ0v) is 16.1. The lowest BCUT2D eigenvalue weighted by Gasteiger charge is -2.12. The van der Waals surface area contributed by atoms with Crippen LogP contribution >= 0.6 is 0 Å². The molecule has 30 heavy (non-hydrogen) atoms. The molecule has 0 bridgehead atoms. The number of methoxy groups -OCH3 is 2. The predicted molar refractivity (Wildman–Crippen MR) is 102 cm³/mol. The van der Waals surface area contributed by atoms with Gasteiger partial charge < -0.3 is 19.4 Å². The van der Waals surface area contributed by atoms with Crippen LogP contribution in [0.2, 0.25) is 0 Å². The number of esters is 1. The Morgan fingerprint density at radius 2 is 2.03 bits per heavy atom. The Morgan fingerprint density at radius 1 is 1.27 bits per heavy atom. The molecule has 0 saturated heterocycles. The Bertz CT molecular complexity index is 1130. The van der Waals surface area contributed by atoms with Crippen molar-refractivity contribution in [2.75, 3.05) is 26.1 Å². The highest BCUT2D eigenvalue weighted by Crippen LogP contribution is 2.35. The van der Waals surface area contributed by atoms with Gasteiger partial charge in [-0.1, -0.05) is 6.07 Å². The van der Waals surface area contributed by atoms with Crippen LogP contribution in [-0.4, -0.2) is 36.3 Å². The number of alkyl halides is 3. The van der Waals surface area contributed by atoms with Crippen LogP contribution < -0.4 is 5.32 Å². The molecule has 0 amide bonds. The largest absolute Gasteiger partial charge is 0.465 e. The van der Waals surface area contributed by atoms with Gasteiger partial charge in [-0.15, -0.1) is 0 Å². The van der Waals surface area contributed by atoms with Crippen LogP contribution in [0.4, 0.5) is 24.8 Å². The Morgan fingerprint density at radius 3 is 2.67 bits per heavy atom. The lowest BCUT2D eigenvalue weighted by Crippen LogP contribution is -2.10. The number of fused-ring (bicyclic) bond motifs is 1. The number of imidazole rings is 1. The van der Waals surface area contributed by atoms with Crippen molar-refractivity contribution in [2.24, 2.45) is 0 Å². The van der Waals surface area contributed by atoms with E-state index in [1.165, 1.54) is 20.3 Å². The van der Waals surface area contributed by atoms with E-state index in [1.807, 2.05) is 0 Å². The minimum atomic E-state index is -4.68. The Kier molecular flexibility index (Phi) is 5.94. The lowest BCUT2D eigenvalue weighted by molar-refractivity contribution is -0.137. The molecule has 0 spiro atoms. The van der Waals surface area contributed by atoms with Gasteiger partial charge in [0.2, 0.25) is 5.95 Å². The molecule has 0 atom stereocenters. The van der Waals surface area contributed by atoms with E-state index < -0.39 is 23.3 Å². The van der Waals surface area contributed by atoms with Gasteiger partial charge in [0, 0.05) is 19.3 Å². The van der Waals surface area contributed by atoms with Gasteiger partial charge in [0.1, 0.15) is 0 Å². The van der Waals surface area contributed by atoms with Crippen LogP contribution in [0.3, 0.4) is 0 Å². The zero-order chi connectivity index (χ0) is 21.9. The van der Waals surface area contributed by atoms with Crippen molar-refractivity contribution in [1.29, 1.82) is 5.26 Å². The van der Waals surface area contributed by atoms with Crippen LogP contribution in [0.5, 0.6) is 0 Å². The normalized spacial score (nSPS) is 11.3. The zero-order valence-electron chi connectivity index (χ0n) is 16.1. The van der Waals surface area contributed by atoms with Crippen molar-refractivity contribution in [1.82, 2.24) is 9.55 Å². The minimum Gasteiger partial charge on any atom is -0.465 e. The van der Waals surface area contributed by atoms with Crippen LogP contribution in [0.15, 0.2) is 36.4 Å². The maximum atomic E-state index is 13.3. The Labute approximate surface area is 169 Å². The third kappa shape index (κ3) is 4.21. The number of anilines is 2. The molecule has 0 saturated carbocycles. The summed E-state index contributed by atoms with van der Waals surface area (Å²) in [7, 11) is 2.76. The minimum absolute atomic E-state index is 0.0732. The van der Waals surface area contributed by atoms with Gasteiger partial charge in [0.25, 0.3) is 0 Å². The van der Waals surface area contributed by atoms with Gasteiger partial charge >= 0.3 is 12.1 Å². The van der Waals surface area contributed by atoms with E-state index in [4.69, 9.17) is 9.47 Å². The topological polar surface area (TPSA) is 89.2 Å². The fraction of sp³-hybridized carbons (Fsp3) is 0.250. The van der Waals surface area contributed by atoms with E-state index in [1.54, 1.807) is 28.8 Å². The number of carbonyl (C=O) groups excluding carboxylic acids is 1. The molecule has 156 valence electrons. The van der Waals surface area contributed by atoms with Gasteiger partial charge in [0.15, 0.2) is 0 Å². The summed E-state index contributed by atoms with van der Waals surface area (Å²) in [5, 5.41) is 12.2. The molecule has 0 aliphatic carbocycles. The predicted octanol–water partition coefficient (Wildman–Crippen LogP) is 4.10. The molecule has 3 rings (SSSR count). The maximum Gasteiger partial charge on any atom is 0.417 e. The monoisotopic (exact) mass is 418 g/mol. The third-order valence-corrected chi connectivity index (χ3v) is 4.37. The summed E-state index contributed by atoms with van der Waals surface area (Å²) in [5.41, 5.74) is -0.329. The molecule has 1 N–H and O–H groups in total. The van der Waals surface area contributed by atoms with Crippen LogP contribution in [0, 0.1) is 11.3 Å². The number of nitrogens with zero attached hydrogens (tertiary/aromatic N) is 3. The SMILES string of the molecule is COCCn1c(Nc2cccc(C(=O)OC)c2)nc2cc(C(F)(F)F)c(C#N)cc21. The number of nitriles is 1. The first kappa shape index (κ1) is 21.1. The smallest absolute Gasteiger partial charge is 0.417 e. The summed E-state index contributed by atoms with van der Waals surface area (Å²) < 4.78 is 51.3. The van der Waals surface area contributed by atoms with Crippen molar-refractivity contribution in [3.8, 4) is 6.07 Å². The highest BCUT2D eigenvalue weighted by atomic mass is 19.4. The summed E-state index contributed by atoms with van der Waals surface area (Å²) in [6, 6.07) is 10.0. The number of benzene rings is 2. The quantitative estimate of drug-likeness (QED) is 0.606. The lowest BCUT2D eigenvalue weighted by atomic mass is 10.1. The van der Waals surface area contributed by atoms with E-state index >= 15 is 0 Å². The van der Waals surface area contributed by atoms with Crippen molar-refractivity contribution in [2.45, 2.75) is 12.7 Å². The molecule has 10 heteroatoms. The summed E-state index contributed by atoms with van der Waals surface area (Å²) in [6.45, 7) is 0.549. The average Bonchev–Trinajstić information content (AvgIpc) is 3.06. The summed E-state index contributed by atoms with van der Waals surface area (Å²) in [5.74, 6) is -0.285. The summed E-state index contributed by atoms with van der Waals surface area (Å²) >= 11 is 0. The number of ether oxygens (including phenoxy) is 2. The number of carbonyl (C=O) groups is 1. The second-order valence-electron chi connectivity index (χ2n) is 6.27. The van der Waals surface area contributed by atoms with Crippen LogP contribution in [0.1, 0.15) is 21.5 Å². The molecule has 0 fully saturated rings. The molecular formula is C20H17F3N4O3. The van der Waals surface area contributed by atoms with E-state index in [2.05, 4.69) is 10.3 Å². The molecule has 0 unspecified atom stereocenters. The molecule has 1 aromatic heterocycles. The number of rotatable bonds is 6. The van der Waals surface area contributed by atoms with E-state index in [-0.39, 0.29) is 24.6 Å². The summed E-state index contributed by atoms with van der Waals surface area (Å²) in [6.07, 6.45) is -4.68. The number of nitrogens with one attached hydrogen (secondary N) is 1. The number of aromatic nitrogens is 2. The second-order valence-corrected chi connectivity index (χ2v) is 6.27. The first-order valence-electron chi connectivity index (χ1n) is 8.74. The highest BCUT2D eigenvalue weighted by Gasteiger charge is 2.34. The van der Waals surface area contributed by atoms with Gasteiger partial charge in [0.05, 0.1) is 47.5 Å². The second kappa shape index (κ2) is 8.42. The molecule has 0 aliphatic heterocycles. The third-order valence-electron chi connectivity index (χ3n) is 4.37. The molecule has 2 aromatic carbocycles.